The fourth-order valence-corrected chi connectivity index (χ4v) is 3.26. The highest BCUT2D eigenvalue weighted by molar-refractivity contribution is 5.95. The minimum Gasteiger partial charge on any atom is -0.366 e. The number of nitrogens with zero attached hydrogens (tertiary/aromatic N) is 1. The molecule has 2 amide bonds. The largest absolute Gasteiger partial charge is 0.366 e. The summed E-state index contributed by atoms with van der Waals surface area (Å²) in [6.07, 6.45) is 1.20. The number of likely N-dealkylation sites (tertiary alicyclic amines) is 1. The second-order valence-electron chi connectivity index (χ2n) is 6.45. The molecule has 1 unspecified atom stereocenters. The minimum atomic E-state index is -0.364. The smallest absolute Gasteiger partial charge is 0.253 e. The lowest BCUT2D eigenvalue weighted by atomic mass is 10.0. The predicted octanol–water partition coefficient (Wildman–Crippen LogP) is 0.704. The number of amides is 2. The number of nitrogens with one attached hydrogen (secondary N) is 2. The maximum absolute atomic E-state index is 12.4. The molecule has 0 aliphatic carbocycles. The number of rotatable bonds is 3. The van der Waals surface area contributed by atoms with Crippen molar-refractivity contribution in [2.75, 3.05) is 32.8 Å². The Bertz CT molecular complexity index is 591. The van der Waals surface area contributed by atoms with Crippen LogP contribution < -0.4 is 10.6 Å². The van der Waals surface area contributed by atoms with E-state index in [1.165, 1.54) is 0 Å². The van der Waals surface area contributed by atoms with Crippen molar-refractivity contribution in [2.45, 2.75) is 31.9 Å². The molecule has 2 heterocycles. The maximum atomic E-state index is 12.4. The molecule has 2 aliphatic heterocycles. The molecule has 0 saturated carbocycles. The summed E-state index contributed by atoms with van der Waals surface area (Å²) < 4.78 is 5.53. The van der Waals surface area contributed by atoms with Gasteiger partial charge in [-0.3, -0.25) is 9.59 Å². The van der Waals surface area contributed by atoms with Crippen molar-refractivity contribution in [1.29, 1.82) is 0 Å². The molecule has 2 fully saturated rings. The van der Waals surface area contributed by atoms with Crippen LogP contribution in [-0.2, 0) is 9.53 Å². The summed E-state index contributed by atoms with van der Waals surface area (Å²) in [6.45, 7) is 5.24. The van der Waals surface area contributed by atoms with E-state index >= 15 is 0 Å². The monoisotopic (exact) mass is 331 g/mol. The fourth-order valence-electron chi connectivity index (χ4n) is 3.26. The first-order valence-corrected chi connectivity index (χ1v) is 8.63. The molecule has 1 atom stereocenters. The van der Waals surface area contributed by atoms with E-state index in [-0.39, 0.29) is 24.0 Å². The second kappa shape index (κ2) is 7.77. The maximum Gasteiger partial charge on any atom is 0.253 e. The average Bonchev–Trinajstić information content (AvgIpc) is 2.63. The van der Waals surface area contributed by atoms with Gasteiger partial charge in [-0.15, -0.1) is 0 Å². The van der Waals surface area contributed by atoms with Gasteiger partial charge in [0.15, 0.2) is 0 Å². The quantitative estimate of drug-likeness (QED) is 0.856. The van der Waals surface area contributed by atoms with E-state index in [4.69, 9.17) is 4.74 Å². The van der Waals surface area contributed by atoms with E-state index in [0.717, 1.165) is 30.5 Å². The van der Waals surface area contributed by atoms with E-state index in [1.54, 1.807) is 0 Å². The third kappa shape index (κ3) is 3.94. The normalized spacial score (nSPS) is 22.2. The van der Waals surface area contributed by atoms with Crippen molar-refractivity contribution in [1.82, 2.24) is 15.5 Å². The Balaban J connectivity index is 1.49. The zero-order chi connectivity index (χ0) is 16.9. The van der Waals surface area contributed by atoms with Gasteiger partial charge in [0.1, 0.15) is 6.10 Å². The zero-order valence-electron chi connectivity index (χ0n) is 14.1. The number of benzene rings is 1. The van der Waals surface area contributed by atoms with Gasteiger partial charge in [0.25, 0.3) is 11.8 Å². The molecule has 3 rings (SSSR count). The molecular formula is C18H25N3O3. The van der Waals surface area contributed by atoms with Crippen molar-refractivity contribution >= 4 is 11.8 Å². The number of piperidine rings is 1. The van der Waals surface area contributed by atoms with Crippen LogP contribution in [0.15, 0.2) is 24.3 Å². The van der Waals surface area contributed by atoms with E-state index < -0.39 is 0 Å². The molecule has 2 saturated heterocycles. The molecule has 24 heavy (non-hydrogen) atoms. The van der Waals surface area contributed by atoms with E-state index in [1.807, 2.05) is 36.1 Å². The Hall–Kier alpha value is -1.92. The van der Waals surface area contributed by atoms with Crippen LogP contribution in [0, 0.1) is 6.92 Å². The first kappa shape index (κ1) is 16.9. The van der Waals surface area contributed by atoms with Crippen LogP contribution in [-0.4, -0.2) is 61.6 Å². The van der Waals surface area contributed by atoms with Gasteiger partial charge in [0.2, 0.25) is 0 Å². The van der Waals surface area contributed by atoms with Gasteiger partial charge in [-0.1, -0.05) is 18.2 Å². The number of hydrogen-bond acceptors (Lipinski definition) is 4. The number of morpholine rings is 1. The highest BCUT2D eigenvalue weighted by atomic mass is 16.5. The lowest BCUT2D eigenvalue weighted by molar-refractivity contribution is -0.146. The molecule has 1 aromatic rings. The van der Waals surface area contributed by atoms with Gasteiger partial charge in [0, 0.05) is 37.8 Å². The summed E-state index contributed by atoms with van der Waals surface area (Å²) in [4.78, 5) is 26.7. The van der Waals surface area contributed by atoms with Crippen molar-refractivity contribution in [3.05, 3.63) is 35.4 Å². The fraction of sp³-hybridized carbons (Fsp3) is 0.556. The molecule has 0 bridgehead atoms. The first-order valence-electron chi connectivity index (χ1n) is 8.63. The van der Waals surface area contributed by atoms with Gasteiger partial charge in [-0.05, 0) is 31.4 Å². The van der Waals surface area contributed by atoms with Crippen LogP contribution in [0.5, 0.6) is 0 Å². The second-order valence-corrected chi connectivity index (χ2v) is 6.45. The Morgan fingerprint density at radius 2 is 2.00 bits per heavy atom. The number of carbonyl (C=O) groups excluding carboxylic acids is 2. The highest BCUT2D eigenvalue weighted by Crippen LogP contribution is 2.15. The van der Waals surface area contributed by atoms with E-state index in [2.05, 4.69) is 10.6 Å². The van der Waals surface area contributed by atoms with Crippen LogP contribution in [0.1, 0.15) is 28.8 Å². The molecule has 2 aliphatic rings. The van der Waals surface area contributed by atoms with Crippen molar-refractivity contribution in [3.63, 3.8) is 0 Å². The number of aryl methyl sites for hydroxylation is 1. The Labute approximate surface area is 142 Å². The average molecular weight is 331 g/mol. The molecule has 2 N–H and O–H groups in total. The van der Waals surface area contributed by atoms with Crippen LogP contribution >= 0.6 is 0 Å². The number of ether oxygens (including phenoxy) is 1. The van der Waals surface area contributed by atoms with E-state index in [9.17, 15) is 9.59 Å². The molecule has 0 radical (unpaired) electrons. The van der Waals surface area contributed by atoms with Gasteiger partial charge >= 0.3 is 0 Å². The summed E-state index contributed by atoms with van der Waals surface area (Å²) in [5.74, 6) is 0.0311. The molecule has 0 spiro atoms. The number of hydrogen-bond donors (Lipinski definition) is 2. The third-order valence-corrected chi connectivity index (χ3v) is 4.73. The Morgan fingerprint density at radius 1 is 1.25 bits per heavy atom. The standard InChI is InChI=1S/C18H25N3O3/c1-13-4-2-3-5-15(13)17(22)20-14-6-9-21(10-7-14)18(23)16-12-19-8-11-24-16/h2-5,14,16,19H,6-12H2,1H3,(H,20,22). The van der Waals surface area contributed by atoms with Gasteiger partial charge in [0.05, 0.1) is 6.61 Å². The molecule has 0 aromatic heterocycles. The summed E-state index contributed by atoms with van der Waals surface area (Å²) in [6, 6.07) is 7.71. The molecule has 130 valence electrons. The van der Waals surface area contributed by atoms with Gasteiger partial charge in [-0.25, -0.2) is 0 Å². The first-order chi connectivity index (χ1) is 11.6. The Kier molecular flexibility index (Phi) is 5.48. The van der Waals surface area contributed by atoms with Crippen LogP contribution in [0.25, 0.3) is 0 Å². The number of carbonyl (C=O) groups is 2. The lowest BCUT2D eigenvalue weighted by Crippen LogP contribution is -2.53. The third-order valence-electron chi connectivity index (χ3n) is 4.73. The van der Waals surface area contributed by atoms with Crippen molar-refractivity contribution in [3.8, 4) is 0 Å². The minimum absolute atomic E-state index is 0.0299. The van der Waals surface area contributed by atoms with Crippen LogP contribution in [0.4, 0.5) is 0 Å². The molecular weight excluding hydrogens is 306 g/mol. The van der Waals surface area contributed by atoms with Crippen molar-refractivity contribution in [2.24, 2.45) is 0 Å². The molecule has 6 heteroatoms. The lowest BCUT2D eigenvalue weighted by Gasteiger charge is -2.35. The summed E-state index contributed by atoms with van der Waals surface area (Å²) in [5, 5.41) is 6.28. The van der Waals surface area contributed by atoms with E-state index in [0.29, 0.717) is 26.2 Å². The van der Waals surface area contributed by atoms with Gasteiger partial charge < -0.3 is 20.3 Å². The zero-order valence-corrected chi connectivity index (χ0v) is 14.1. The van der Waals surface area contributed by atoms with Crippen molar-refractivity contribution < 1.29 is 14.3 Å². The summed E-state index contributed by atoms with van der Waals surface area (Å²) in [5.41, 5.74) is 1.70. The Morgan fingerprint density at radius 3 is 2.67 bits per heavy atom. The highest BCUT2D eigenvalue weighted by Gasteiger charge is 2.30. The van der Waals surface area contributed by atoms with Crippen LogP contribution in [0.3, 0.4) is 0 Å². The molecule has 6 nitrogen and oxygen atoms in total. The SMILES string of the molecule is Cc1ccccc1C(=O)NC1CCN(C(=O)C2CNCCO2)CC1. The van der Waals surface area contributed by atoms with Gasteiger partial charge in [-0.2, -0.15) is 0 Å². The molecule has 1 aromatic carbocycles. The topological polar surface area (TPSA) is 70.7 Å². The summed E-state index contributed by atoms with van der Waals surface area (Å²) >= 11 is 0. The van der Waals surface area contributed by atoms with Crippen LogP contribution in [0.2, 0.25) is 0 Å². The predicted molar refractivity (Wildman–Crippen MR) is 90.9 cm³/mol. The summed E-state index contributed by atoms with van der Waals surface area (Å²) in [7, 11) is 0.